The van der Waals surface area contributed by atoms with E-state index in [1.807, 2.05) is 0 Å². The van der Waals surface area contributed by atoms with Gasteiger partial charge in [-0.2, -0.15) is 0 Å². The Bertz CT molecular complexity index is 942. The second-order valence-corrected chi connectivity index (χ2v) is 4.86. The van der Waals surface area contributed by atoms with Crippen LogP contribution in [-0.4, -0.2) is 24.4 Å². The number of phenols is 2. The van der Waals surface area contributed by atoms with Crippen molar-refractivity contribution in [3.8, 4) is 34.3 Å². The molecule has 0 bridgehead atoms. The highest BCUT2D eigenvalue weighted by Gasteiger charge is 2.20. The lowest BCUT2D eigenvalue weighted by Gasteiger charge is -2.10. The lowest BCUT2D eigenvalue weighted by molar-refractivity contribution is 0.396. The lowest BCUT2D eigenvalue weighted by atomic mass is 10.1. The molecule has 0 aliphatic rings. The van der Waals surface area contributed by atoms with Gasteiger partial charge in [0.25, 0.3) is 0 Å². The van der Waals surface area contributed by atoms with Crippen LogP contribution in [0.5, 0.6) is 23.0 Å². The molecule has 1 heterocycles. The second-order valence-electron chi connectivity index (χ2n) is 4.86. The highest BCUT2D eigenvalue weighted by atomic mass is 16.5. The highest BCUT2D eigenvalue weighted by molar-refractivity contribution is 5.88. The predicted octanol–water partition coefficient (Wildman–Crippen LogP) is 2.89. The van der Waals surface area contributed by atoms with Crippen molar-refractivity contribution in [3.63, 3.8) is 0 Å². The van der Waals surface area contributed by atoms with Crippen LogP contribution < -0.4 is 14.9 Å². The fourth-order valence-corrected chi connectivity index (χ4v) is 2.41. The molecule has 0 aliphatic heterocycles. The van der Waals surface area contributed by atoms with Crippen molar-refractivity contribution in [1.82, 2.24) is 0 Å². The van der Waals surface area contributed by atoms with Crippen molar-refractivity contribution in [2.24, 2.45) is 0 Å². The summed E-state index contributed by atoms with van der Waals surface area (Å²) in [4.78, 5) is 12.6. The number of aromatic hydroxyl groups is 2. The van der Waals surface area contributed by atoms with Crippen molar-refractivity contribution in [1.29, 1.82) is 0 Å². The molecule has 6 nitrogen and oxygen atoms in total. The van der Waals surface area contributed by atoms with Crippen LogP contribution in [0.25, 0.3) is 22.3 Å². The van der Waals surface area contributed by atoms with E-state index in [0.29, 0.717) is 11.3 Å². The first kappa shape index (κ1) is 14.8. The third-order valence-electron chi connectivity index (χ3n) is 3.45. The van der Waals surface area contributed by atoms with Gasteiger partial charge in [-0.3, -0.25) is 4.79 Å². The molecule has 2 aromatic carbocycles. The maximum atomic E-state index is 12.6. The number of fused-ring (bicyclic) bond motifs is 1. The Morgan fingerprint density at radius 2 is 1.83 bits per heavy atom. The number of methoxy groups -OCH3 is 2. The zero-order valence-corrected chi connectivity index (χ0v) is 12.5. The molecule has 1 aromatic heterocycles. The minimum absolute atomic E-state index is 0.0354. The van der Waals surface area contributed by atoms with Gasteiger partial charge in [-0.25, -0.2) is 0 Å². The van der Waals surface area contributed by atoms with Crippen LogP contribution in [0.4, 0.5) is 0 Å². The average Bonchev–Trinajstić information content (AvgIpc) is 2.53. The van der Waals surface area contributed by atoms with Crippen LogP contribution in [0.15, 0.2) is 45.6 Å². The second kappa shape index (κ2) is 5.57. The standard InChI is InChI=1S/C17H14O6/c1-21-11-5-3-4-9(6-11)16-17(22-2)15(20)14-12(19)7-10(18)8-13(14)23-16/h3-8,18-19H,1-2H3. The fraction of sp³-hybridized carbons (Fsp3) is 0.118. The molecule has 0 spiro atoms. The summed E-state index contributed by atoms with van der Waals surface area (Å²) in [7, 11) is 2.88. The Hall–Kier alpha value is -3.15. The van der Waals surface area contributed by atoms with Crippen LogP contribution in [0.3, 0.4) is 0 Å². The quantitative estimate of drug-likeness (QED) is 0.772. The monoisotopic (exact) mass is 314 g/mol. The molecule has 0 amide bonds. The fourth-order valence-electron chi connectivity index (χ4n) is 2.41. The molecule has 6 heteroatoms. The summed E-state index contributed by atoms with van der Waals surface area (Å²) in [6.07, 6.45) is 0. The minimum atomic E-state index is -0.524. The molecular formula is C17H14O6. The number of benzene rings is 2. The third-order valence-corrected chi connectivity index (χ3v) is 3.45. The summed E-state index contributed by atoms with van der Waals surface area (Å²) in [6, 6.07) is 9.26. The molecule has 3 rings (SSSR count). The van der Waals surface area contributed by atoms with Gasteiger partial charge < -0.3 is 24.1 Å². The van der Waals surface area contributed by atoms with Gasteiger partial charge in [-0.15, -0.1) is 0 Å². The molecule has 0 atom stereocenters. The zero-order valence-electron chi connectivity index (χ0n) is 12.5. The van der Waals surface area contributed by atoms with Crippen LogP contribution in [-0.2, 0) is 0 Å². The van der Waals surface area contributed by atoms with Crippen LogP contribution in [0, 0.1) is 0 Å². The summed E-state index contributed by atoms with van der Waals surface area (Å²) < 4.78 is 16.1. The van der Waals surface area contributed by atoms with Gasteiger partial charge in [-0.05, 0) is 12.1 Å². The van der Waals surface area contributed by atoms with Gasteiger partial charge in [0.05, 0.1) is 14.2 Å². The van der Waals surface area contributed by atoms with Crippen LogP contribution in [0.2, 0.25) is 0 Å². The van der Waals surface area contributed by atoms with Crippen molar-refractivity contribution < 1.29 is 24.1 Å². The van der Waals surface area contributed by atoms with E-state index in [0.717, 1.165) is 6.07 Å². The molecular weight excluding hydrogens is 300 g/mol. The molecule has 0 saturated heterocycles. The van der Waals surface area contributed by atoms with Gasteiger partial charge >= 0.3 is 0 Å². The largest absolute Gasteiger partial charge is 0.508 e. The maximum Gasteiger partial charge on any atom is 0.239 e. The van der Waals surface area contributed by atoms with Gasteiger partial charge in [0, 0.05) is 17.7 Å². The molecule has 3 aromatic rings. The van der Waals surface area contributed by atoms with E-state index in [1.165, 1.54) is 20.3 Å². The number of hydrogen-bond acceptors (Lipinski definition) is 6. The van der Waals surface area contributed by atoms with E-state index in [-0.39, 0.29) is 34.0 Å². The molecule has 0 fully saturated rings. The Kier molecular flexibility index (Phi) is 3.57. The molecule has 23 heavy (non-hydrogen) atoms. The van der Waals surface area contributed by atoms with Crippen molar-refractivity contribution >= 4 is 11.0 Å². The normalized spacial score (nSPS) is 10.7. The van der Waals surface area contributed by atoms with E-state index in [1.54, 1.807) is 24.3 Å². The molecule has 0 saturated carbocycles. The Balaban J connectivity index is 2.38. The van der Waals surface area contributed by atoms with Crippen molar-refractivity contribution in [2.75, 3.05) is 14.2 Å². The first-order valence-corrected chi connectivity index (χ1v) is 6.76. The maximum absolute atomic E-state index is 12.6. The molecule has 0 radical (unpaired) electrons. The Morgan fingerprint density at radius 3 is 2.52 bits per heavy atom. The summed E-state index contributed by atoms with van der Waals surface area (Å²) >= 11 is 0. The first-order valence-electron chi connectivity index (χ1n) is 6.76. The summed E-state index contributed by atoms with van der Waals surface area (Å²) in [6.45, 7) is 0. The minimum Gasteiger partial charge on any atom is -0.508 e. The van der Waals surface area contributed by atoms with E-state index in [2.05, 4.69) is 0 Å². The Labute approximate surface area is 131 Å². The Morgan fingerprint density at radius 1 is 1.04 bits per heavy atom. The van der Waals surface area contributed by atoms with E-state index < -0.39 is 5.43 Å². The summed E-state index contributed by atoms with van der Waals surface area (Å²) in [5, 5.41) is 19.4. The van der Waals surface area contributed by atoms with Gasteiger partial charge in [0.15, 0.2) is 5.76 Å². The van der Waals surface area contributed by atoms with Crippen LogP contribution >= 0.6 is 0 Å². The van der Waals surface area contributed by atoms with Gasteiger partial charge in [0.1, 0.15) is 28.2 Å². The van der Waals surface area contributed by atoms with Gasteiger partial charge in [-0.1, -0.05) is 12.1 Å². The van der Waals surface area contributed by atoms with E-state index >= 15 is 0 Å². The molecule has 0 unspecified atom stereocenters. The molecule has 2 N–H and O–H groups in total. The zero-order chi connectivity index (χ0) is 16.6. The van der Waals surface area contributed by atoms with Crippen LogP contribution in [0.1, 0.15) is 0 Å². The molecule has 118 valence electrons. The predicted molar refractivity (Wildman–Crippen MR) is 84.4 cm³/mol. The number of rotatable bonds is 3. The third kappa shape index (κ3) is 2.44. The lowest BCUT2D eigenvalue weighted by Crippen LogP contribution is -2.07. The summed E-state index contributed by atoms with van der Waals surface area (Å²) in [5.74, 6) is 0.163. The summed E-state index contributed by atoms with van der Waals surface area (Å²) in [5.41, 5.74) is 0.109. The number of phenolic OH excluding ortho intramolecular Hbond substituents is 2. The van der Waals surface area contributed by atoms with E-state index in [9.17, 15) is 15.0 Å². The highest BCUT2D eigenvalue weighted by Crippen LogP contribution is 2.36. The SMILES string of the molecule is COc1cccc(-c2oc3cc(O)cc(O)c3c(=O)c2OC)c1. The van der Waals surface area contributed by atoms with E-state index in [4.69, 9.17) is 13.9 Å². The smallest absolute Gasteiger partial charge is 0.239 e. The molecule has 0 aliphatic carbocycles. The first-order chi connectivity index (χ1) is 11.0. The number of ether oxygens (including phenoxy) is 2. The van der Waals surface area contributed by atoms with Crippen molar-refractivity contribution in [2.45, 2.75) is 0 Å². The van der Waals surface area contributed by atoms with Gasteiger partial charge in [0.2, 0.25) is 11.2 Å². The average molecular weight is 314 g/mol. The van der Waals surface area contributed by atoms with Crippen molar-refractivity contribution in [3.05, 3.63) is 46.6 Å². The topological polar surface area (TPSA) is 89.1 Å². The number of hydrogen-bond donors (Lipinski definition) is 2.